The van der Waals surface area contributed by atoms with Gasteiger partial charge in [-0.3, -0.25) is 0 Å². The van der Waals surface area contributed by atoms with E-state index in [4.69, 9.17) is 10.5 Å². The van der Waals surface area contributed by atoms with E-state index in [9.17, 15) is 0 Å². The van der Waals surface area contributed by atoms with E-state index in [2.05, 4.69) is 10.1 Å². The average Bonchev–Trinajstić information content (AvgIpc) is 1.37. The van der Waals surface area contributed by atoms with Crippen LogP contribution in [0.1, 0.15) is 1.43 Å². The highest BCUT2D eigenvalue weighted by atomic mass is 17.6. The van der Waals surface area contributed by atoms with Crippen LogP contribution < -0.4 is 0 Å². The molecule has 0 aromatic heterocycles. The fourth-order valence-corrected chi connectivity index (χ4v) is 0. The third-order valence-electron chi connectivity index (χ3n) is 0.0333. The van der Waals surface area contributed by atoms with Gasteiger partial charge in [0.2, 0.25) is 0 Å². The molecule has 0 aromatic carbocycles. The molecule has 4 nitrogen and oxygen atoms in total. The van der Waals surface area contributed by atoms with Gasteiger partial charge in [0.15, 0.2) is 0 Å². The minimum absolute atomic E-state index is 0. The Hall–Kier alpha value is -0.160. The Labute approximate surface area is 23.5 Å². The number of hydrogen-bond donors (Lipinski definition) is 2. The monoisotopic (exact) mass is 67.0 g/mol. The summed E-state index contributed by atoms with van der Waals surface area (Å²) in [6.45, 7) is 0. The fourth-order valence-electron chi connectivity index (χ4n) is 0. The zero-order chi connectivity index (χ0) is 3.41. The van der Waals surface area contributed by atoms with E-state index in [1.54, 1.807) is 0 Å². The van der Waals surface area contributed by atoms with Crippen molar-refractivity contribution in [2.45, 2.75) is 0 Å². The summed E-state index contributed by atoms with van der Waals surface area (Å²) < 4.78 is 0. The maximum Gasteiger partial charge on any atom is 1.00 e. The predicted octanol–water partition coefficient (Wildman–Crippen LogP) is -0.00690. The molecule has 0 radical (unpaired) electrons. The van der Waals surface area contributed by atoms with Gasteiger partial charge in [0.1, 0.15) is 0 Å². The smallest absolute Gasteiger partial charge is 0.219 e. The third kappa shape index (κ3) is 1.84. The van der Waals surface area contributed by atoms with Gasteiger partial charge in [-0.05, 0) is 10.1 Å². The van der Waals surface area contributed by atoms with Crippen molar-refractivity contribution in [1.82, 2.24) is 0 Å². The van der Waals surface area contributed by atoms with Crippen LogP contribution in [0, 0.1) is 0 Å². The Morgan fingerprint density at radius 2 is 1.50 bits per heavy atom. The van der Waals surface area contributed by atoms with Crippen LogP contribution in [0.5, 0.6) is 0 Å². The molecule has 2 N–H and O–H groups in total. The minimum atomic E-state index is 0. The fraction of sp³-hybridized carbons (Fsp3) is 0. The van der Waals surface area contributed by atoms with Crippen LogP contribution in [-0.4, -0.2) is 10.5 Å². The number of rotatable bonds is 1. The molecule has 0 bridgehead atoms. The normalized spacial score (nSPS) is 7.50. The second kappa shape index (κ2) is 2.84. The van der Waals surface area contributed by atoms with Gasteiger partial charge in [-0.1, -0.05) is 0 Å². The molecular formula is H3O4+. The van der Waals surface area contributed by atoms with E-state index in [0.29, 0.717) is 0 Å². The summed E-state index contributed by atoms with van der Waals surface area (Å²) in [5.74, 6) is 0. The molecule has 0 aliphatic heterocycles. The van der Waals surface area contributed by atoms with Crippen molar-refractivity contribution < 1.29 is 22.0 Å². The minimum Gasteiger partial charge on any atom is -0.219 e. The molecule has 0 heterocycles. The standard InChI is InChI=1S/H2O4/c1-3-4-2/h1-2H/p+1. The van der Waals surface area contributed by atoms with Gasteiger partial charge < -0.3 is 0 Å². The van der Waals surface area contributed by atoms with Gasteiger partial charge in [0, 0.05) is 0 Å². The van der Waals surface area contributed by atoms with Crippen molar-refractivity contribution in [2.75, 3.05) is 0 Å². The molecule has 0 saturated carbocycles. The van der Waals surface area contributed by atoms with Crippen LogP contribution in [0.25, 0.3) is 0 Å². The Morgan fingerprint density at radius 1 is 1.25 bits per heavy atom. The first-order valence-electron chi connectivity index (χ1n) is 0.532. The highest BCUT2D eigenvalue weighted by Crippen LogP contribution is 1.49. The molecule has 0 unspecified atom stereocenters. The molecule has 0 spiro atoms. The van der Waals surface area contributed by atoms with Crippen LogP contribution in [0.15, 0.2) is 0 Å². The lowest BCUT2D eigenvalue weighted by molar-refractivity contribution is -0.611. The Morgan fingerprint density at radius 3 is 1.50 bits per heavy atom. The summed E-state index contributed by atoms with van der Waals surface area (Å²) in [5, 5.41) is 19.0. The molecule has 0 amide bonds. The molecule has 0 aromatic rings. The van der Waals surface area contributed by atoms with Gasteiger partial charge in [-0.15, -0.1) is 0 Å². The largest absolute Gasteiger partial charge is 1.00 e. The summed E-state index contributed by atoms with van der Waals surface area (Å²) in [5.41, 5.74) is 0. The maximum atomic E-state index is 6.90. The highest BCUT2D eigenvalue weighted by molar-refractivity contribution is 2.64. The summed E-state index contributed by atoms with van der Waals surface area (Å²) in [7, 11) is 0. The summed E-state index contributed by atoms with van der Waals surface area (Å²) in [4.78, 5) is 0. The van der Waals surface area contributed by atoms with Gasteiger partial charge in [0.25, 0.3) is 0 Å². The molecule has 0 aliphatic carbocycles. The van der Waals surface area contributed by atoms with Gasteiger partial charge in [-0.2, -0.15) is 0 Å². The van der Waals surface area contributed by atoms with Crippen molar-refractivity contribution in [2.24, 2.45) is 0 Å². The van der Waals surface area contributed by atoms with Crippen molar-refractivity contribution in [3.05, 3.63) is 0 Å². The molecule has 0 atom stereocenters. The average molecular weight is 67.0 g/mol. The lowest BCUT2D eigenvalue weighted by Gasteiger charge is -1.71. The molecule has 26 valence electrons. The van der Waals surface area contributed by atoms with Crippen molar-refractivity contribution in [3.63, 3.8) is 0 Å². The van der Waals surface area contributed by atoms with E-state index in [0.717, 1.165) is 0 Å². The second-order valence-corrected chi connectivity index (χ2v) is 0.149. The molecule has 4 heavy (non-hydrogen) atoms. The van der Waals surface area contributed by atoms with Crippen LogP contribution in [-0.2, 0) is 10.1 Å². The van der Waals surface area contributed by atoms with E-state index >= 15 is 0 Å². The lowest BCUT2D eigenvalue weighted by atomic mass is 14.4. The molecule has 4 heteroatoms. The summed E-state index contributed by atoms with van der Waals surface area (Å²) in [6.07, 6.45) is 0. The van der Waals surface area contributed by atoms with Gasteiger partial charge >= 0.3 is 1.43 Å². The van der Waals surface area contributed by atoms with Crippen molar-refractivity contribution in [1.29, 1.82) is 0 Å². The Balaban J connectivity index is 0. The first kappa shape index (κ1) is 3.84. The number of hydrogen-bond acceptors (Lipinski definition) is 4. The van der Waals surface area contributed by atoms with Gasteiger partial charge in [-0.25, -0.2) is 10.5 Å². The lowest BCUT2D eigenvalue weighted by Crippen LogP contribution is -1.75. The van der Waals surface area contributed by atoms with Crippen LogP contribution in [0.2, 0.25) is 0 Å². The van der Waals surface area contributed by atoms with E-state index in [1.165, 1.54) is 0 Å². The zero-order valence-corrected chi connectivity index (χ0v) is 1.71. The quantitative estimate of drug-likeness (QED) is 0.334. The Kier molecular flexibility index (Phi) is 2.73. The first-order valence-corrected chi connectivity index (χ1v) is 0.532. The van der Waals surface area contributed by atoms with Crippen LogP contribution in [0.4, 0.5) is 0 Å². The molecule has 0 saturated heterocycles. The summed E-state index contributed by atoms with van der Waals surface area (Å²) in [6, 6.07) is 0. The van der Waals surface area contributed by atoms with Gasteiger partial charge in [0.05, 0.1) is 0 Å². The predicted molar refractivity (Wildman–Crippen MR) is 8.54 cm³/mol. The highest BCUT2D eigenvalue weighted by Gasteiger charge is 1.53. The second-order valence-electron chi connectivity index (χ2n) is 0.149. The van der Waals surface area contributed by atoms with Crippen LogP contribution >= 0.6 is 0 Å². The SMILES string of the molecule is OOOO.[H+]. The molecular weight excluding hydrogens is 64.0 g/mol. The van der Waals surface area contributed by atoms with E-state index < -0.39 is 0 Å². The molecule has 0 aliphatic rings. The molecule has 0 fully saturated rings. The topological polar surface area (TPSA) is 58.9 Å². The van der Waals surface area contributed by atoms with Crippen molar-refractivity contribution >= 4 is 0 Å². The van der Waals surface area contributed by atoms with E-state index in [-0.39, 0.29) is 1.43 Å². The Bertz CT molecular complexity index is 5.61. The zero-order valence-electron chi connectivity index (χ0n) is 2.71. The first-order chi connectivity index (χ1) is 1.91. The van der Waals surface area contributed by atoms with Crippen LogP contribution in [0.3, 0.4) is 0 Å². The van der Waals surface area contributed by atoms with E-state index in [1.807, 2.05) is 0 Å². The maximum absolute atomic E-state index is 6.90. The third-order valence-corrected chi connectivity index (χ3v) is 0.0333. The van der Waals surface area contributed by atoms with Crippen molar-refractivity contribution in [3.8, 4) is 0 Å². The molecule has 0 rings (SSSR count). The summed E-state index contributed by atoms with van der Waals surface area (Å²) >= 11 is 0.